The normalized spacial score (nSPS) is 18.9. The third kappa shape index (κ3) is 12.9. The van der Waals surface area contributed by atoms with Crippen molar-refractivity contribution in [2.45, 2.75) is 72.4 Å². The molecule has 0 bridgehead atoms. The van der Waals surface area contributed by atoms with Gasteiger partial charge in [0, 0.05) is 49.9 Å². The van der Waals surface area contributed by atoms with E-state index in [1.165, 1.54) is 0 Å². The number of aromatic carboxylic acids is 1. The number of carboxylic acids is 1. The molecule has 252 valence electrons. The molecule has 2 heterocycles. The highest BCUT2D eigenvalue weighted by Gasteiger charge is 2.37. The summed E-state index contributed by atoms with van der Waals surface area (Å²) in [5.41, 5.74) is 2.48. The summed E-state index contributed by atoms with van der Waals surface area (Å²) in [6.45, 7) is 17.5. The number of aryl methyl sites for hydroxylation is 1. The molecule has 0 radical (unpaired) electrons. The van der Waals surface area contributed by atoms with E-state index in [9.17, 15) is 14.7 Å². The van der Waals surface area contributed by atoms with Crippen LogP contribution in [-0.2, 0) is 23.1 Å². The van der Waals surface area contributed by atoms with Gasteiger partial charge in [0.15, 0.2) is 0 Å². The standard InChI is InChI=1S/C26H32N4O5.C7H10.2C2H6/c1-26(17-30(16-23(32)35-26)21-8-4-19(5-9-21)25(33)34)12-13-28(2)14-20-15-29(3)27-24(20)18-6-10-22(31)11-7-18;1-3-5-7-6-4-2;2*1-2/h4-6,8-11,15,18,31H,7,12-14,16-17H2,1-3H3,(H,33,34);3-7H,1H2,2H3;2*1-2H3/b;6-4-,7-5-;;. The summed E-state index contributed by atoms with van der Waals surface area (Å²) in [7, 11) is 3.95. The lowest BCUT2D eigenvalue weighted by Crippen LogP contribution is -2.53. The van der Waals surface area contributed by atoms with Crippen molar-refractivity contribution < 1.29 is 24.5 Å². The van der Waals surface area contributed by atoms with Crippen LogP contribution in [0.3, 0.4) is 0 Å². The Morgan fingerprint density at radius 3 is 2.41 bits per heavy atom. The molecule has 46 heavy (non-hydrogen) atoms. The van der Waals surface area contributed by atoms with E-state index in [2.05, 4.69) is 16.6 Å². The zero-order valence-corrected chi connectivity index (χ0v) is 28.9. The Balaban J connectivity index is 0.000000840. The maximum Gasteiger partial charge on any atom is 0.335 e. The van der Waals surface area contributed by atoms with E-state index in [0.29, 0.717) is 32.5 Å². The quantitative estimate of drug-likeness (QED) is 0.203. The molecule has 1 fully saturated rings. The SMILES string of the molecule is C=C/C=C\C=C/C.CC.CC.CN(CCC1(C)CN(c2ccc(C(=O)O)cc2)CC(=O)O1)Cc1cn(C)nc1C1C=CC(O)=CC1. The van der Waals surface area contributed by atoms with Gasteiger partial charge in [-0.3, -0.25) is 9.48 Å². The van der Waals surface area contributed by atoms with Crippen LogP contribution in [0.4, 0.5) is 5.69 Å². The van der Waals surface area contributed by atoms with Crippen LogP contribution in [0.2, 0.25) is 0 Å². The molecule has 1 saturated heterocycles. The highest BCUT2D eigenvalue weighted by Crippen LogP contribution is 2.30. The first-order valence-electron chi connectivity index (χ1n) is 16.0. The number of allylic oxidation sites excluding steroid dienone is 8. The fourth-order valence-electron chi connectivity index (χ4n) is 4.93. The van der Waals surface area contributed by atoms with Crippen molar-refractivity contribution in [2.24, 2.45) is 7.05 Å². The number of carbonyl (C=O) groups is 2. The van der Waals surface area contributed by atoms with Gasteiger partial charge < -0.3 is 24.7 Å². The summed E-state index contributed by atoms with van der Waals surface area (Å²) in [4.78, 5) is 27.7. The highest BCUT2D eigenvalue weighted by atomic mass is 16.6. The summed E-state index contributed by atoms with van der Waals surface area (Å²) in [6, 6.07) is 6.56. The van der Waals surface area contributed by atoms with Gasteiger partial charge >= 0.3 is 11.9 Å². The molecule has 2 N–H and O–H groups in total. The van der Waals surface area contributed by atoms with Gasteiger partial charge in [0.25, 0.3) is 0 Å². The van der Waals surface area contributed by atoms with Crippen LogP contribution in [-0.4, -0.2) is 69.1 Å². The molecule has 1 aromatic carbocycles. The lowest BCUT2D eigenvalue weighted by molar-refractivity contribution is -0.160. The first-order chi connectivity index (χ1) is 22.0. The van der Waals surface area contributed by atoms with E-state index in [1.54, 1.807) is 36.4 Å². The Kier molecular flexibility index (Phi) is 17.8. The van der Waals surface area contributed by atoms with Gasteiger partial charge in [0.2, 0.25) is 0 Å². The Labute approximate surface area is 275 Å². The van der Waals surface area contributed by atoms with E-state index in [4.69, 9.17) is 9.84 Å². The molecule has 1 aromatic heterocycles. The minimum Gasteiger partial charge on any atom is -0.508 e. The zero-order chi connectivity index (χ0) is 34.7. The fourth-order valence-corrected chi connectivity index (χ4v) is 4.93. The van der Waals surface area contributed by atoms with Gasteiger partial charge in [0.05, 0.1) is 17.8 Å². The van der Waals surface area contributed by atoms with Crippen molar-refractivity contribution in [3.63, 3.8) is 0 Å². The molecule has 2 aliphatic rings. The Hall–Kier alpha value is -4.37. The third-order valence-electron chi connectivity index (χ3n) is 7.07. The Morgan fingerprint density at radius 2 is 1.85 bits per heavy atom. The molecular formula is C37H54N4O5. The molecule has 2 atom stereocenters. The number of carbonyl (C=O) groups excluding carboxylic acids is 1. The molecule has 1 aliphatic heterocycles. The molecule has 0 spiro atoms. The first-order valence-corrected chi connectivity index (χ1v) is 16.0. The molecule has 4 rings (SSSR count). The third-order valence-corrected chi connectivity index (χ3v) is 7.07. The van der Waals surface area contributed by atoms with Crippen LogP contribution in [0.5, 0.6) is 0 Å². The minimum atomic E-state index is -0.978. The van der Waals surface area contributed by atoms with Crippen LogP contribution in [0, 0.1) is 0 Å². The van der Waals surface area contributed by atoms with Gasteiger partial charge in [-0.1, -0.05) is 70.7 Å². The molecular weight excluding hydrogens is 580 g/mol. The number of benzene rings is 1. The number of cyclic esters (lactones) is 1. The topological polar surface area (TPSA) is 108 Å². The number of carboxylic acid groups (broad SMARTS) is 1. The Bertz CT molecular complexity index is 1360. The van der Waals surface area contributed by atoms with E-state index in [1.807, 2.05) is 108 Å². The van der Waals surface area contributed by atoms with Gasteiger partial charge in [-0.15, -0.1) is 0 Å². The largest absolute Gasteiger partial charge is 0.508 e. The van der Waals surface area contributed by atoms with Crippen LogP contribution in [0.15, 0.2) is 91.4 Å². The number of morpholine rings is 1. The molecule has 1 aliphatic carbocycles. The number of hydrogen-bond acceptors (Lipinski definition) is 7. The number of aliphatic hydroxyl groups is 1. The van der Waals surface area contributed by atoms with Gasteiger partial charge in [-0.05, 0) is 63.7 Å². The first kappa shape index (κ1) is 39.7. The number of esters is 1. The second-order valence-electron chi connectivity index (χ2n) is 10.8. The van der Waals surface area contributed by atoms with Gasteiger partial charge in [0.1, 0.15) is 17.9 Å². The number of rotatable bonds is 10. The summed E-state index contributed by atoms with van der Waals surface area (Å²) in [5, 5.41) is 23.4. The predicted octanol–water partition coefficient (Wildman–Crippen LogP) is 7.60. The zero-order valence-electron chi connectivity index (χ0n) is 28.9. The number of hydrogen-bond donors (Lipinski definition) is 2. The van der Waals surface area contributed by atoms with Gasteiger partial charge in [-0.2, -0.15) is 5.10 Å². The number of aliphatic hydroxyl groups excluding tert-OH is 1. The summed E-state index contributed by atoms with van der Waals surface area (Å²) < 4.78 is 7.59. The number of nitrogens with zero attached hydrogens (tertiary/aromatic N) is 4. The summed E-state index contributed by atoms with van der Waals surface area (Å²) in [5.74, 6) is -0.849. The monoisotopic (exact) mass is 634 g/mol. The predicted molar refractivity (Wildman–Crippen MR) is 188 cm³/mol. The lowest BCUT2D eigenvalue weighted by atomic mass is 9.94. The molecule has 2 unspecified atom stereocenters. The van der Waals surface area contributed by atoms with Gasteiger partial charge in [-0.25, -0.2) is 4.79 Å². The second kappa shape index (κ2) is 20.6. The van der Waals surface area contributed by atoms with Crippen LogP contribution < -0.4 is 4.90 Å². The number of anilines is 1. The van der Waals surface area contributed by atoms with Crippen molar-refractivity contribution in [3.8, 4) is 0 Å². The number of aromatic nitrogens is 2. The van der Waals surface area contributed by atoms with Crippen molar-refractivity contribution in [2.75, 3.05) is 31.6 Å². The average Bonchev–Trinajstić information content (AvgIpc) is 3.42. The van der Waals surface area contributed by atoms with E-state index in [0.717, 1.165) is 16.9 Å². The Morgan fingerprint density at radius 1 is 1.17 bits per heavy atom. The lowest BCUT2D eigenvalue weighted by Gasteiger charge is -2.41. The second-order valence-corrected chi connectivity index (χ2v) is 10.8. The van der Waals surface area contributed by atoms with Crippen molar-refractivity contribution in [3.05, 3.63) is 108 Å². The average molecular weight is 635 g/mol. The fraction of sp³-hybridized carbons (Fsp3) is 0.432. The molecule has 9 nitrogen and oxygen atoms in total. The molecule has 0 saturated carbocycles. The van der Waals surface area contributed by atoms with E-state index < -0.39 is 11.6 Å². The van der Waals surface area contributed by atoms with E-state index >= 15 is 0 Å². The van der Waals surface area contributed by atoms with Crippen LogP contribution in [0.1, 0.15) is 81.9 Å². The number of ether oxygens (including phenoxy) is 1. The van der Waals surface area contributed by atoms with E-state index in [-0.39, 0.29) is 29.8 Å². The van der Waals surface area contributed by atoms with Crippen LogP contribution >= 0.6 is 0 Å². The maximum absolute atomic E-state index is 12.4. The molecule has 9 heteroatoms. The molecule has 2 aromatic rings. The smallest absolute Gasteiger partial charge is 0.335 e. The molecule has 0 amide bonds. The highest BCUT2D eigenvalue weighted by molar-refractivity contribution is 5.88. The maximum atomic E-state index is 12.4. The minimum absolute atomic E-state index is 0.133. The van der Waals surface area contributed by atoms with Crippen molar-refractivity contribution in [1.82, 2.24) is 14.7 Å². The van der Waals surface area contributed by atoms with Crippen LogP contribution in [0.25, 0.3) is 0 Å². The van der Waals surface area contributed by atoms with Crippen molar-refractivity contribution in [1.29, 1.82) is 0 Å². The van der Waals surface area contributed by atoms with Crippen molar-refractivity contribution >= 4 is 17.6 Å². The summed E-state index contributed by atoms with van der Waals surface area (Å²) >= 11 is 0. The summed E-state index contributed by atoms with van der Waals surface area (Å²) in [6.07, 6.45) is 18.4.